The minimum absolute atomic E-state index is 0.127. The van der Waals surface area contributed by atoms with Crippen LogP contribution in [0.25, 0.3) is 0 Å². The summed E-state index contributed by atoms with van der Waals surface area (Å²) in [7, 11) is 0. The van der Waals surface area contributed by atoms with Crippen molar-refractivity contribution in [2.75, 3.05) is 0 Å². The van der Waals surface area contributed by atoms with Crippen LogP contribution in [-0.2, 0) is 16.1 Å². The third kappa shape index (κ3) is 2.72. The Morgan fingerprint density at radius 2 is 2.13 bits per heavy atom. The van der Waals surface area contributed by atoms with E-state index >= 15 is 0 Å². The molecule has 23 heavy (non-hydrogen) atoms. The molecule has 122 valence electrons. The number of primary amides is 1. The van der Waals surface area contributed by atoms with E-state index in [4.69, 9.17) is 10.8 Å². The van der Waals surface area contributed by atoms with Gasteiger partial charge in [-0.05, 0) is 19.4 Å². The Kier molecular flexibility index (Phi) is 4.04. The summed E-state index contributed by atoms with van der Waals surface area (Å²) in [5.41, 5.74) is 3.94. The van der Waals surface area contributed by atoms with E-state index in [0.717, 1.165) is 4.90 Å². The molecule has 9 nitrogen and oxygen atoms in total. The average Bonchev–Trinajstić information content (AvgIpc) is 2.82. The zero-order valence-electron chi connectivity index (χ0n) is 12.3. The molecule has 0 radical (unpaired) electrons. The highest BCUT2D eigenvalue weighted by Gasteiger charge is 2.46. The minimum atomic E-state index is -1.54. The number of nitro groups is 1. The van der Waals surface area contributed by atoms with E-state index in [-0.39, 0.29) is 36.2 Å². The first-order valence-corrected chi connectivity index (χ1v) is 6.78. The number of nitro benzene ring substituents is 1. The number of carboxylic acid groups (broad SMARTS) is 1. The summed E-state index contributed by atoms with van der Waals surface area (Å²) in [6, 6.07) is 4.09. The third-order valence-corrected chi connectivity index (χ3v) is 4.09. The fourth-order valence-corrected chi connectivity index (χ4v) is 2.63. The quantitative estimate of drug-likeness (QED) is 0.581. The maximum atomic E-state index is 12.5. The first-order chi connectivity index (χ1) is 10.7. The third-order valence-electron chi connectivity index (χ3n) is 4.09. The van der Waals surface area contributed by atoms with E-state index in [1.807, 2.05) is 0 Å². The molecule has 0 saturated carbocycles. The van der Waals surface area contributed by atoms with Gasteiger partial charge in [0.05, 0.1) is 22.6 Å². The van der Waals surface area contributed by atoms with Crippen LogP contribution in [0.5, 0.6) is 0 Å². The maximum Gasteiger partial charge on any atom is 0.303 e. The summed E-state index contributed by atoms with van der Waals surface area (Å²) in [6.45, 7) is 1.21. The second-order valence-electron chi connectivity index (χ2n) is 5.48. The molecule has 3 N–H and O–H groups in total. The molecule has 0 fully saturated rings. The number of hydrogen-bond donors (Lipinski definition) is 2. The fraction of sp³-hybridized carbons (Fsp3) is 0.357. The van der Waals surface area contributed by atoms with Gasteiger partial charge in [0.15, 0.2) is 0 Å². The van der Waals surface area contributed by atoms with Crippen LogP contribution in [0, 0.1) is 10.1 Å². The number of aliphatic carboxylic acids is 1. The predicted octanol–water partition coefficient (Wildman–Crippen LogP) is 0.659. The number of nitrogens with two attached hydrogens (primary N) is 1. The van der Waals surface area contributed by atoms with Gasteiger partial charge in [-0.2, -0.15) is 0 Å². The van der Waals surface area contributed by atoms with E-state index in [9.17, 15) is 24.5 Å². The van der Waals surface area contributed by atoms with Crippen molar-refractivity contribution in [1.29, 1.82) is 0 Å². The number of rotatable bonds is 6. The Hall–Kier alpha value is -2.97. The van der Waals surface area contributed by atoms with E-state index < -0.39 is 28.2 Å². The molecule has 2 amide bonds. The first kappa shape index (κ1) is 16.4. The van der Waals surface area contributed by atoms with Gasteiger partial charge in [-0.1, -0.05) is 6.07 Å². The van der Waals surface area contributed by atoms with Crippen LogP contribution in [0.2, 0.25) is 0 Å². The van der Waals surface area contributed by atoms with Gasteiger partial charge in [-0.15, -0.1) is 0 Å². The molecule has 0 spiro atoms. The largest absolute Gasteiger partial charge is 0.481 e. The molecule has 1 atom stereocenters. The molecule has 2 rings (SSSR count). The molecule has 0 aliphatic carbocycles. The highest BCUT2D eigenvalue weighted by molar-refractivity contribution is 6.03. The summed E-state index contributed by atoms with van der Waals surface area (Å²) < 4.78 is 0. The monoisotopic (exact) mass is 321 g/mol. The van der Waals surface area contributed by atoms with Crippen LogP contribution in [0.4, 0.5) is 5.69 Å². The second kappa shape index (κ2) is 5.67. The first-order valence-electron chi connectivity index (χ1n) is 6.78. The van der Waals surface area contributed by atoms with Crippen LogP contribution in [0.15, 0.2) is 18.2 Å². The Balaban J connectivity index is 2.43. The van der Waals surface area contributed by atoms with Gasteiger partial charge < -0.3 is 15.7 Å². The van der Waals surface area contributed by atoms with Crippen LogP contribution in [0.1, 0.15) is 35.7 Å². The number of fused-ring (bicyclic) bond motifs is 1. The molecule has 0 saturated heterocycles. The highest BCUT2D eigenvalue weighted by Crippen LogP contribution is 2.36. The zero-order chi connectivity index (χ0) is 17.4. The van der Waals surface area contributed by atoms with Crippen LogP contribution < -0.4 is 5.73 Å². The van der Waals surface area contributed by atoms with Crippen molar-refractivity contribution in [2.45, 2.75) is 31.8 Å². The van der Waals surface area contributed by atoms with Crippen molar-refractivity contribution in [3.63, 3.8) is 0 Å². The number of amides is 2. The van der Waals surface area contributed by atoms with Crippen molar-refractivity contribution < 1.29 is 24.4 Å². The van der Waals surface area contributed by atoms with Gasteiger partial charge in [-0.25, -0.2) is 0 Å². The van der Waals surface area contributed by atoms with Crippen molar-refractivity contribution in [1.82, 2.24) is 4.90 Å². The fourth-order valence-electron chi connectivity index (χ4n) is 2.63. The van der Waals surface area contributed by atoms with Crippen LogP contribution >= 0.6 is 0 Å². The molecule has 1 unspecified atom stereocenters. The Labute approximate surface area is 130 Å². The Bertz CT molecular complexity index is 716. The lowest BCUT2D eigenvalue weighted by molar-refractivity contribution is -0.385. The van der Waals surface area contributed by atoms with E-state index in [2.05, 4.69) is 0 Å². The van der Waals surface area contributed by atoms with Gasteiger partial charge in [0.2, 0.25) is 5.91 Å². The number of carbonyl (C=O) groups is 3. The Morgan fingerprint density at radius 1 is 1.48 bits per heavy atom. The van der Waals surface area contributed by atoms with Gasteiger partial charge >= 0.3 is 5.97 Å². The highest BCUT2D eigenvalue weighted by atomic mass is 16.6. The standard InChI is InChI=1S/C14H15N3O6/c1-14(13(15)21,6-5-11(18)19)16-7-9-8(12(16)20)3-2-4-10(9)17(22)23/h2-4H,5-7H2,1H3,(H2,15,21)(H,18,19). The average molecular weight is 321 g/mol. The summed E-state index contributed by atoms with van der Waals surface area (Å²) in [6.07, 6.45) is -0.535. The van der Waals surface area contributed by atoms with E-state index in [0.29, 0.717) is 0 Å². The van der Waals surface area contributed by atoms with Crippen LogP contribution in [-0.4, -0.2) is 38.3 Å². The summed E-state index contributed by atoms with van der Waals surface area (Å²) in [5.74, 6) is -2.56. The van der Waals surface area contributed by atoms with Gasteiger partial charge in [0, 0.05) is 12.5 Å². The van der Waals surface area contributed by atoms with Crippen molar-refractivity contribution in [3.05, 3.63) is 39.4 Å². The lowest BCUT2D eigenvalue weighted by Gasteiger charge is -2.35. The smallest absolute Gasteiger partial charge is 0.303 e. The molecule has 1 aromatic rings. The lowest BCUT2D eigenvalue weighted by atomic mass is 9.92. The Morgan fingerprint density at radius 3 is 2.65 bits per heavy atom. The molecule has 0 aromatic heterocycles. The molecule has 1 heterocycles. The summed E-state index contributed by atoms with van der Waals surface area (Å²) in [4.78, 5) is 46.7. The van der Waals surface area contributed by atoms with Gasteiger partial charge in [0.1, 0.15) is 5.54 Å². The van der Waals surface area contributed by atoms with Crippen molar-refractivity contribution in [3.8, 4) is 0 Å². The molecular formula is C14H15N3O6. The van der Waals surface area contributed by atoms with Crippen molar-refractivity contribution in [2.24, 2.45) is 5.73 Å². The van der Waals surface area contributed by atoms with Gasteiger partial charge in [-0.3, -0.25) is 24.5 Å². The van der Waals surface area contributed by atoms with E-state index in [1.54, 1.807) is 0 Å². The van der Waals surface area contributed by atoms with Crippen molar-refractivity contribution >= 4 is 23.5 Å². The predicted molar refractivity (Wildman–Crippen MR) is 77.4 cm³/mol. The topological polar surface area (TPSA) is 144 Å². The number of nitrogens with zero attached hydrogens (tertiary/aromatic N) is 2. The lowest BCUT2D eigenvalue weighted by Crippen LogP contribution is -2.55. The van der Waals surface area contributed by atoms with E-state index in [1.165, 1.54) is 25.1 Å². The SMILES string of the molecule is CC(CCC(=O)O)(C(N)=O)N1Cc2c(cccc2[N+](=O)[O-])C1=O. The number of carboxylic acids is 1. The molecule has 9 heteroatoms. The number of hydrogen-bond acceptors (Lipinski definition) is 5. The molecule has 1 aliphatic heterocycles. The molecule has 0 bridgehead atoms. The molecule has 1 aromatic carbocycles. The number of benzene rings is 1. The zero-order valence-corrected chi connectivity index (χ0v) is 12.3. The summed E-state index contributed by atoms with van der Waals surface area (Å²) in [5, 5.41) is 19.9. The maximum absolute atomic E-state index is 12.5. The second-order valence-corrected chi connectivity index (χ2v) is 5.48. The minimum Gasteiger partial charge on any atom is -0.481 e. The summed E-state index contributed by atoms with van der Waals surface area (Å²) >= 11 is 0. The van der Waals surface area contributed by atoms with Crippen LogP contribution in [0.3, 0.4) is 0 Å². The normalized spacial score (nSPS) is 15.9. The molecule has 1 aliphatic rings. The number of carbonyl (C=O) groups excluding carboxylic acids is 2. The van der Waals surface area contributed by atoms with Gasteiger partial charge in [0.25, 0.3) is 11.6 Å². The molecular weight excluding hydrogens is 306 g/mol.